The molecule has 1 aliphatic carbocycles. The first-order valence-corrected chi connectivity index (χ1v) is 12.0. The number of rotatable bonds is 7. The molecule has 1 aliphatic rings. The van der Waals surface area contributed by atoms with Gasteiger partial charge in [0.1, 0.15) is 6.73 Å². The van der Waals surface area contributed by atoms with E-state index in [0.717, 1.165) is 47.4 Å². The third kappa shape index (κ3) is 8.23. The molecule has 3 rings (SSSR count). The minimum Gasteiger partial charge on any atom is -0.469 e. The van der Waals surface area contributed by atoms with Crippen molar-refractivity contribution < 1.29 is 14.3 Å². The average Bonchev–Trinajstić information content (AvgIpc) is 2.87. The summed E-state index contributed by atoms with van der Waals surface area (Å²) >= 11 is 1.62. The summed E-state index contributed by atoms with van der Waals surface area (Å²) in [4.78, 5) is 12.8. The highest BCUT2D eigenvalue weighted by molar-refractivity contribution is 7.97. The molecule has 0 heterocycles. The van der Waals surface area contributed by atoms with Crippen LogP contribution in [-0.4, -0.2) is 33.0 Å². The van der Waals surface area contributed by atoms with E-state index in [9.17, 15) is 4.79 Å². The number of carbonyl (C=O) groups excluding carboxylic acids is 1. The Morgan fingerprint density at radius 2 is 1.75 bits per heavy atom. The van der Waals surface area contributed by atoms with Gasteiger partial charge in [0.05, 0.1) is 18.7 Å². The molecule has 0 radical (unpaired) electrons. The SMILES string of the molecule is CC.COCNc1cc(SNC2CCC(C(=O)OC)CC2)ccc1C#Cc1ccccc1. The lowest BCUT2D eigenvalue weighted by atomic mass is 9.86. The molecule has 0 bridgehead atoms. The summed E-state index contributed by atoms with van der Waals surface area (Å²) in [6.07, 6.45) is 3.70. The number of methoxy groups -OCH3 is 2. The summed E-state index contributed by atoms with van der Waals surface area (Å²) in [6.45, 7) is 4.42. The first-order chi connectivity index (χ1) is 15.7. The van der Waals surface area contributed by atoms with E-state index in [1.54, 1.807) is 19.1 Å². The Morgan fingerprint density at radius 3 is 2.41 bits per heavy atom. The first kappa shape index (κ1) is 25.8. The van der Waals surface area contributed by atoms with E-state index in [-0.39, 0.29) is 11.9 Å². The molecule has 1 saturated carbocycles. The van der Waals surface area contributed by atoms with E-state index in [0.29, 0.717) is 12.8 Å². The van der Waals surface area contributed by atoms with Gasteiger partial charge in [-0.2, -0.15) is 0 Å². The zero-order valence-electron chi connectivity index (χ0n) is 19.4. The van der Waals surface area contributed by atoms with Gasteiger partial charge in [-0.25, -0.2) is 0 Å². The van der Waals surface area contributed by atoms with Crippen molar-refractivity contribution in [1.29, 1.82) is 0 Å². The van der Waals surface area contributed by atoms with Crippen molar-refractivity contribution in [3.63, 3.8) is 0 Å². The van der Waals surface area contributed by atoms with Gasteiger partial charge in [-0.05, 0) is 68.0 Å². The van der Waals surface area contributed by atoms with Gasteiger partial charge in [0, 0.05) is 29.2 Å². The predicted molar refractivity (Wildman–Crippen MR) is 132 cm³/mol. The molecule has 5 nitrogen and oxygen atoms in total. The zero-order valence-corrected chi connectivity index (χ0v) is 20.3. The van der Waals surface area contributed by atoms with Gasteiger partial charge in [-0.15, -0.1) is 0 Å². The molecule has 0 unspecified atom stereocenters. The normalized spacial score (nSPS) is 17.2. The second kappa shape index (κ2) is 14.6. The minimum atomic E-state index is -0.0813. The Balaban J connectivity index is 0.00000176. The van der Waals surface area contributed by atoms with Crippen LogP contribution >= 0.6 is 11.9 Å². The molecule has 172 valence electrons. The third-order valence-corrected chi connectivity index (χ3v) is 6.06. The van der Waals surface area contributed by atoms with E-state index in [4.69, 9.17) is 9.47 Å². The van der Waals surface area contributed by atoms with Crippen molar-refractivity contribution in [2.75, 3.05) is 26.3 Å². The Bertz CT molecular complexity index is 885. The van der Waals surface area contributed by atoms with Gasteiger partial charge in [0.15, 0.2) is 0 Å². The zero-order chi connectivity index (χ0) is 23.2. The number of ether oxygens (including phenoxy) is 2. The van der Waals surface area contributed by atoms with Crippen molar-refractivity contribution in [1.82, 2.24) is 4.72 Å². The number of benzene rings is 2. The number of esters is 1. The lowest BCUT2D eigenvalue weighted by molar-refractivity contribution is -0.146. The minimum absolute atomic E-state index is 0.0466. The summed E-state index contributed by atoms with van der Waals surface area (Å²) in [5.74, 6) is 6.42. The Morgan fingerprint density at radius 1 is 1.03 bits per heavy atom. The second-order valence-electron chi connectivity index (χ2n) is 7.22. The van der Waals surface area contributed by atoms with Gasteiger partial charge < -0.3 is 14.8 Å². The highest BCUT2D eigenvalue weighted by atomic mass is 32.2. The van der Waals surface area contributed by atoms with Gasteiger partial charge in [0.2, 0.25) is 0 Å². The monoisotopic (exact) mass is 454 g/mol. The fourth-order valence-electron chi connectivity index (χ4n) is 3.42. The van der Waals surface area contributed by atoms with E-state index in [2.05, 4.69) is 34.0 Å². The second-order valence-corrected chi connectivity index (χ2v) is 8.14. The number of hydrogen-bond donors (Lipinski definition) is 2. The molecule has 0 atom stereocenters. The average molecular weight is 455 g/mol. The Kier molecular flexibility index (Phi) is 11.7. The Labute approximate surface area is 196 Å². The summed E-state index contributed by atoms with van der Waals surface area (Å²) in [5, 5.41) is 3.29. The molecule has 0 saturated heterocycles. The summed E-state index contributed by atoms with van der Waals surface area (Å²) < 4.78 is 13.6. The van der Waals surface area contributed by atoms with Gasteiger partial charge >= 0.3 is 5.97 Å². The van der Waals surface area contributed by atoms with Crippen LogP contribution in [0.3, 0.4) is 0 Å². The van der Waals surface area contributed by atoms with E-state index >= 15 is 0 Å². The molecule has 2 aromatic rings. The molecule has 1 fully saturated rings. The third-order valence-electron chi connectivity index (χ3n) is 5.12. The molecule has 32 heavy (non-hydrogen) atoms. The fourth-order valence-corrected chi connectivity index (χ4v) is 4.27. The molecular weight excluding hydrogens is 420 g/mol. The van der Waals surface area contributed by atoms with Crippen LogP contribution < -0.4 is 10.0 Å². The van der Waals surface area contributed by atoms with E-state index in [1.807, 2.05) is 50.2 Å². The van der Waals surface area contributed by atoms with Crippen LogP contribution in [0, 0.1) is 17.8 Å². The van der Waals surface area contributed by atoms with Crippen molar-refractivity contribution in [2.24, 2.45) is 5.92 Å². The highest BCUT2D eigenvalue weighted by Crippen LogP contribution is 2.29. The molecule has 6 heteroatoms. The number of nitrogens with one attached hydrogen (secondary N) is 2. The van der Waals surface area contributed by atoms with Gasteiger partial charge in [-0.1, -0.05) is 43.9 Å². The van der Waals surface area contributed by atoms with Crippen molar-refractivity contribution in [3.8, 4) is 11.8 Å². The smallest absolute Gasteiger partial charge is 0.308 e. The topological polar surface area (TPSA) is 59.6 Å². The number of carbonyl (C=O) groups is 1. The molecule has 0 spiro atoms. The molecule has 2 N–H and O–H groups in total. The first-order valence-electron chi connectivity index (χ1n) is 11.1. The number of hydrogen-bond acceptors (Lipinski definition) is 6. The fraction of sp³-hybridized carbons (Fsp3) is 0.423. The molecule has 0 aromatic heterocycles. The summed E-state index contributed by atoms with van der Waals surface area (Å²) in [5.41, 5.74) is 2.86. The van der Waals surface area contributed by atoms with Crippen LogP contribution in [0.4, 0.5) is 5.69 Å². The lowest BCUT2D eigenvalue weighted by Gasteiger charge is -2.27. The quantitative estimate of drug-likeness (QED) is 0.251. The molecule has 2 aromatic carbocycles. The van der Waals surface area contributed by atoms with Gasteiger partial charge in [0.25, 0.3) is 0 Å². The maximum Gasteiger partial charge on any atom is 0.308 e. The van der Waals surface area contributed by atoms with Crippen LogP contribution in [0.25, 0.3) is 0 Å². The van der Waals surface area contributed by atoms with Crippen molar-refractivity contribution >= 4 is 23.6 Å². The summed E-state index contributed by atoms with van der Waals surface area (Å²) in [6, 6.07) is 16.5. The van der Waals surface area contributed by atoms with Crippen LogP contribution in [0.2, 0.25) is 0 Å². The Hall–Kier alpha value is -2.46. The van der Waals surface area contributed by atoms with Crippen molar-refractivity contribution in [2.45, 2.75) is 50.5 Å². The van der Waals surface area contributed by atoms with Gasteiger partial charge in [-0.3, -0.25) is 9.52 Å². The van der Waals surface area contributed by atoms with Crippen LogP contribution in [0.15, 0.2) is 53.4 Å². The van der Waals surface area contributed by atoms with Crippen LogP contribution in [0.1, 0.15) is 50.7 Å². The van der Waals surface area contributed by atoms with Crippen LogP contribution in [-0.2, 0) is 14.3 Å². The molecule has 0 aliphatic heterocycles. The maximum absolute atomic E-state index is 11.7. The van der Waals surface area contributed by atoms with E-state index < -0.39 is 0 Å². The van der Waals surface area contributed by atoms with E-state index in [1.165, 1.54) is 7.11 Å². The largest absolute Gasteiger partial charge is 0.469 e. The standard InChI is InChI=1S/C24H28N2O3S.C2H6/c1-28-17-25-23-16-22(15-12-19(23)9-8-18-6-4-3-5-7-18)30-26-21-13-10-20(11-14-21)24(27)29-2;1-2/h3-7,12,15-16,20-21,25-26H,10-11,13-14,17H2,1-2H3;1-2H3. The maximum atomic E-state index is 11.7. The molecule has 0 amide bonds. The summed E-state index contributed by atoms with van der Waals surface area (Å²) in [7, 11) is 3.12. The predicted octanol–water partition coefficient (Wildman–Crippen LogP) is 5.46. The molecular formula is C26H34N2O3S. The highest BCUT2D eigenvalue weighted by Gasteiger charge is 2.26. The van der Waals surface area contributed by atoms with Crippen LogP contribution in [0.5, 0.6) is 0 Å². The lowest BCUT2D eigenvalue weighted by Crippen LogP contribution is -2.31. The van der Waals surface area contributed by atoms with Crippen molar-refractivity contribution in [3.05, 3.63) is 59.7 Å². The number of anilines is 1.